The van der Waals surface area contributed by atoms with Crippen LogP contribution in [-0.2, 0) is 19.3 Å². The molecule has 2 aromatic rings. The Morgan fingerprint density at radius 2 is 2.10 bits per heavy atom. The van der Waals surface area contributed by atoms with E-state index in [-0.39, 0.29) is 0 Å². The fourth-order valence-corrected chi connectivity index (χ4v) is 2.75. The summed E-state index contributed by atoms with van der Waals surface area (Å²) in [6.45, 7) is 5.19. The van der Waals surface area contributed by atoms with Gasteiger partial charge in [0.1, 0.15) is 0 Å². The van der Waals surface area contributed by atoms with E-state index in [1.165, 1.54) is 30.4 Å². The molecule has 0 amide bonds. The largest absolute Gasteiger partial charge is 0.441 e. The monoisotopic (exact) mass is 270 g/mol. The molecule has 1 aliphatic carbocycles. The number of nitrogens with one attached hydrogen (secondary N) is 1. The molecule has 1 aromatic carbocycles. The molecule has 20 heavy (non-hydrogen) atoms. The van der Waals surface area contributed by atoms with Crippen molar-refractivity contribution in [3.05, 3.63) is 41.4 Å². The van der Waals surface area contributed by atoms with Crippen molar-refractivity contribution >= 4 is 0 Å². The van der Waals surface area contributed by atoms with Crippen molar-refractivity contribution in [1.29, 1.82) is 0 Å². The number of hydrogen-bond acceptors (Lipinski definition) is 3. The Kier molecular flexibility index (Phi) is 3.88. The molecule has 1 aliphatic rings. The quantitative estimate of drug-likeness (QED) is 0.905. The normalized spacial score (nSPS) is 13.9. The Hall–Kier alpha value is -1.61. The summed E-state index contributed by atoms with van der Waals surface area (Å²) in [5.41, 5.74) is 4.12. The van der Waals surface area contributed by atoms with Crippen molar-refractivity contribution in [2.45, 2.75) is 45.6 Å². The van der Waals surface area contributed by atoms with E-state index in [4.69, 9.17) is 4.42 Å². The van der Waals surface area contributed by atoms with E-state index >= 15 is 0 Å². The van der Waals surface area contributed by atoms with E-state index in [0.717, 1.165) is 30.2 Å². The molecule has 0 saturated carbocycles. The van der Waals surface area contributed by atoms with Crippen molar-refractivity contribution in [2.24, 2.45) is 0 Å². The number of oxazole rings is 1. The molecule has 3 heteroatoms. The third-order valence-corrected chi connectivity index (χ3v) is 3.83. The zero-order chi connectivity index (χ0) is 13.9. The molecule has 0 saturated heterocycles. The summed E-state index contributed by atoms with van der Waals surface area (Å²) in [4.78, 5) is 4.38. The van der Waals surface area contributed by atoms with Gasteiger partial charge < -0.3 is 9.73 Å². The van der Waals surface area contributed by atoms with Crippen LogP contribution in [0.4, 0.5) is 0 Å². The van der Waals surface area contributed by atoms with Gasteiger partial charge >= 0.3 is 0 Å². The number of fused-ring (bicyclic) bond motifs is 1. The van der Waals surface area contributed by atoms with Gasteiger partial charge in [0.15, 0.2) is 11.7 Å². The molecule has 3 nitrogen and oxygen atoms in total. The Balaban J connectivity index is 1.70. The molecule has 0 radical (unpaired) electrons. The number of rotatable bonds is 5. The second-order valence-electron chi connectivity index (χ2n) is 5.81. The van der Waals surface area contributed by atoms with Crippen LogP contribution in [0.15, 0.2) is 28.8 Å². The van der Waals surface area contributed by atoms with Crippen LogP contribution >= 0.6 is 0 Å². The second-order valence-corrected chi connectivity index (χ2v) is 5.81. The number of aryl methyl sites for hydroxylation is 2. The summed E-state index contributed by atoms with van der Waals surface area (Å²) < 4.78 is 5.86. The molecule has 0 fully saturated rings. The predicted molar refractivity (Wildman–Crippen MR) is 80.8 cm³/mol. The van der Waals surface area contributed by atoms with Crippen molar-refractivity contribution < 1.29 is 4.42 Å². The Bertz CT molecular complexity index is 586. The van der Waals surface area contributed by atoms with Gasteiger partial charge in [-0.15, -0.1) is 0 Å². The molecule has 1 N–H and O–H groups in total. The lowest BCUT2D eigenvalue weighted by atomic mass is 10.1. The molecule has 0 unspecified atom stereocenters. The first kappa shape index (κ1) is 13.4. The number of aromatic nitrogens is 1. The average Bonchev–Trinajstić information content (AvgIpc) is 3.05. The van der Waals surface area contributed by atoms with Gasteiger partial charge in [0, 0.05) is 24.6 Å². The summed E-state index contributed by atoms with van der Waals surface area (Å²) in [6.07, 6.45) is 6.38. The Morgan fingerprint density at radius 3 is 2.95 bits per heavy atom. The third-order valence-electron chi connectivity index (χ3n) is 3.83. The highest BCUT2D eigenvalue weighted by atomic mass is 16.4. The van der Waals surface area contributed by atoms with Crippen LogP contribution in [0, 0.1) is 0 Å². The first-order valence-corrected chi connectivity index (χ1v) is 7.52. The van der Waals surface area contributed by atoms with E-state index < -0.39 is 0 Å². The minimum absolute atomic E-state index is 0.501. The highest BCUT2D eigenvalue weighted by Gasteiger charge is 2.13. The first-order valence-electron chi connectivity index (χ1n) is 7.52. The molecule has 0 spiro atoms. The van der Waals surface area contributed by atoms with Crippen LogP contribution in [0.3, 0.4) is 0 Å². The smallest absolute Gasteiger partial charge is 0.196 e. The highest BCUT2D eigenvalue weighted by Crippen LogP contribution is 2.28. The average molecular weight is 270 g/mol. The SMILES string of the molecule is CC(C)NCCc1ncc(-c2ccc3c(c2)CCC3)o1. The maximum atomic E-state index is 5.86. The molecule has 106 valence electrons. The lowest BCUT2D eigenvalue weighted by molar-refractivity contribution is 0.484. The van der Waals surface area contributed by atoms with Crippen LogP contribution in [0.25, 0.3) is 11.3 Å². The summed E-state index contributed by atoms with van der Waals surface area (Å²) in [7, 11) is 0. The van der Waals surface area contributed by atoms with Gasteiger partial charge in [0.05, 0.1) is 6.20 Å². The van der Waals surface area contributed by atoms with Crippen LogP contribution in [0.1, 0.15) is 37.3 Å². The van der Waals surface area contributed by atoms with Crippen molar-refractivity contribution in [1.82, 2.24) is 10.3 Å². The molecule has 0 aliphatic heterocycles. The lowest BCUT2D eigenvalue weighted by Gasteiger charge is -2.05. The summed E-state index contributed by atoms with van der Waals surface area (Å²) in [5.74, 6) is 1.70. The van der Waals surface area contributed by atoms with Gasteiger partial charge in [-0.2, -0.15) is 0 Å². The van der Waals surface area contributed by atoms with Gasteiger partial charge in [-0.25, -0.2) is 4.98 Å². The van der Waals surface area contributed by atoms with Crippen LogP contribution in [0.2, 0.25) is 0 Å². The lowest BCUT2D eigenvalue weighted by Crippen LogP contribution is -2.24. The molecular weight excluding hydrogens is 248 g/mol. The minimum Gasteiger partial charge on any atom is -0.441 e. The zero-order valence-corrected chi connectivity index (χ0v) is 12.3. The number of benzene rings is 1. The molecule has 1 heterocycles. The zero-order valence-electron chi connectivity index (χ0n) is 12.3. The first-order chi connectivity index (χ1) is 9.72. The molecule has 1 aromatic heterocycles. The number of hydrogen-bond donors (Lipinski definition) is 1. The van der Waals surface area contributed by atoms with E-state index in [1.54, 1.807) is 0 Å². The fourth-order valence-electron chi connectivity index (χ4n) is 2.75. The number of nitrogens with zero attached hydrogens (tertiary/aromatic N) is 1. The molecular formula is C17H22N2O. The van der Waals surface area contributed by atoms with Crippen molar-refractivity contribution in [3.8, 4) is 11.3 Å². The van der Waals surface area contributed by atoms with Gasteiger partial charge in [-0.3, -0.25) is 0 Å². The molecule has 0 atom stereocenters. The standard InChI is InChI=1S/C17H22N2O/c1-12(2)18-9-8-17-19-11-16(20-17)15-7-6-13-4-3-5-14(13)10-15/h6-7,10-12,18H,3-5,8-9H2,1-2H3. The third kappa shape index (κ3) is 2.93. The van der Waals surface area contributed by atoms with Crippen molar-refractivity contribution in [3.63, 3.8) is 0 Å². The van der Waals surface area contributed by atoms with E-state index in [1.807, 2.05) is 6.20 Å². The highest BCUT2D eigenvalue weighted by molar-refractivity contribution is 5.59. The predicted octanol–water partition coefficient (Wildman–Crippen LogP) is 3.37. The molecule has 3 rings (SSSR count). The Morgan fingerprint density at radius 1 is 1.25 bits per heavy atom. The van der Waals surface area contributed by atoms with Crippen LogP contribution in [-0.4, -0.2) is 17.6 Å². The maximum Gasteiger partial charge on any atom is 0.196 e. The summed E-state index contributed by atoms with van der Waals surface area (Å²) in [5, 5.41) is 3.38. The van der Waals surface area contributed by atoms with E-state index in [2.05, 4.69) is 42.3 Å². The minimum atomic E-state index is 0.501. The van der Waals surface area contributed by atoms with Crippen molar-refractivity contribution in [2.75, 3.05) is 6.54 Å². The fraction of sp³-hybridized carbons (Fsp3) is 0.471. The van der Waals surface area contributed by atoms with E-state index in [0.29, 0.717) is 6.04 Å². The van der Waals surface area contributed by atoms with E-state index in [9.17, 15) is 0 Å². The second kappa shape index (κ2) is 5.80. The Labute approximate surface area is 120 Å². The van der Waals surface area contributed by atoms with Gasteiger partial charge in [0.2, 0.25) is 0 Å². The van der Waals surface area contributed by atoms with Gasteiger partial charge in [-0.1, -0.05) is 26.0 Å². The maximum absolute atomic E-state index is 5.86. The van der Waals surface area contributed by atoms with Crippen LogP contribution < -0.4 is 5.32 Å². The van der Waals surface area contributed by atoms with Gasteiger partial charge in [0.25, 0.3) is 0 Å². The van der Waals surface area contributed by atoms with Gasteiger partial charge in [-0.05, 0) is 36.5 Å². The topological polar surface area (TPSA) is 38.1 Å². The van der Waals surface area contributed by atoms with Crippen LogP contribution in [0.5, 0.6) is 0 Å². The summed E-state index contributed by atoms with van der Waals surface area (Å²) in [6, 6.07) is 7.15. The summed E-state index contributed by atoms with van der Waals surface area (Å²) >= 11 is 0. The molecule has 0 bridgehead atoms.